The Morgan fingerprint density at radius 1 is 1.18 bits per heavy atom. The Labute approximate surface area is 170 Å². The maximum Gasteiger partial charge on any atom is 0.242 e. The second-order valence-corrected chi connectivity index (χ2v) is 8.46. The van der Waals surface area contributed by atoms with Crippen LogP contribution in [-0.4, -0.2) is 45.5 Å². The van der Waals surface area contributed by atoms with Crippen molar-refractivity contribution in [2.45, 2.75) is 63.7 Å². The summed E-state index contributed by atoms with van der Waals surface area (Å²) in [5, 5.41) is 3.26. The first kappa shape index (κ1) is 20.6. The number of aliphatic imine (C=N–C) groups is 1. The lowest BCUT2D eigenvalue weighted by molar-refractivity contribution is -0.129. The molecule has 0 aromatic heterocycles. The van der Waals surface area contributed by atoms with Gasteiger partial charge in [0.15, 0.2) is 11.0 Å². The average molecular weight is 402 g/mol. The predicted molar refractivity (Wildman–Crippen MR) is 112 cm³/mol. The Balaban J connectivity index is 1.65. The summed E-state index contributed by atoms with van der Waals surface area (Å²) in [5.74, 6) is -0.116. The number of amides is 2. The minimum absolute atomic E-state index is 0.00356. The number of rotatable bonds is 6. The lowest BCUT2D eigenvalue weighted by Crippen LogP contribution is -2.39. The van der Waals surface area contributed by atoms with E-state index in [2.05, 4.69) is 10.3 Å². The van der Waals surface area contributed by atoms with Gasteiger partial charge in [-0.15, -0.1) is 0 Å². The minimum Gasteiger partial charge on any atom is -0.353 e. The van der Waals surface area contributed by atoms with Gasteiger partial charge in [0.05, 0.1) is 5.69 Å². The quantitative estimate of drug-likeness (QED) is 0.738. The highest BCUT2D eigenvalue weighted by Gasteiger charge is 2.38. The Kier molecular flexibility index (Phi) is 6.88. The highest BCUT2D eigenvalue weighted by Crippen LogP contribution is 2.31. The molecule has 2 amide bonds. The van der Waals surface area contributed by atoms with Gasteiger partial charge in [0, 0.05) is 24.6 Å². The molecule has 1 unspecified atom stereocenters. The van der Waals surface area contributed by atoms with Crippen LogP contribution in [0.3, 0.4) is 0 Å². The number of nitrogens with one attached hydrogen (secondary N) is 1. The standard InChI is InChI=1S/C21H27N3O3S/c1-3-24-20(27)18(13-19(26)22-16-7-5-4-6-8-16)28-21(24)23-17-11-9-15(10-12-17)14(2)25/h9-12,16,18H,3-8,13H2,1-2H3,(H,22,26). The number of ketones is 1. The monoisotopic (exact) mass is 401 g/mol. The molecule has 150 valence electrons. The molecule has 1 aromatic rings. The molecule has 0 spiro atoms. The van der Waals surface area contributed by atoms with Crippen LogP contribution in [0.25, 0.3) is 0 Å². The fourth-order valence-corrected chi connectivity index (χ4v) is 4.82. The fraction of sp³-hybridized carbons (Fsp3) is 0.524. The number of carbonyl (C=O) groups is 3. The normalized spacial score (nSPS) is 21.9. The zero-order valence-corrected chi connectivity index (χ0v) is 17.3. The summed E-state index contributed by atoms with van der Waals surface area (Å²) in [7, 11) is 0. The third-order valence-electron chi connectivity index (χ3n) is 5.18. The summed E-state index contributed by atoms with van der Waals surface area (Å²) in [6.45, 7) is 3.93. The van der Waals surface area contributed by atoms with Crippen LogP contribution in [0.1, 0.15) is 62.7 Å². The molecule has 3 rings (SSSR count). The van der Waals surface area contributed by atoms with Crippen molar-refractivity contribution in [3.05, 3.63) is 29.8 Å². The molecule has 1 saturated carbocycles. The van der Waals surface area contributed by atoms with Gasteiger partial charge in [-0.1, -0.05) is 31.0 Å². The van der Waals surface area contributed by atoms with E-state index < -0.39 is 5.25 Å². The SMILES string of the molecule is CCN1C(=O)C(CC(=O)NC2CCCCC2)SC1=Nc1ccc(C(C)=O)cc1. The Bertz CT molecular complexity index is 770. The summed E-state index contributed by atoms with van der Waals surface area (Å²) in [4.78, 5) is 42.7. The van der Waals surface area contributed by atoms with Crippen molar-refractivity contribution >= 4 is 40.2 Å². The van der Waals surface area contributed by atoms with Gasteiger partial charge in [0.1, 0.15) is 5.25 Å². The van der Waals surface area contributed by atoms with E-state index in [-0.39, 0.29) is 30.1 Å². The molecular weight excluding hydrogens is 374 g/mol. The molecule has 1 N–H and O–H groups in total. The number of nitrogens with zero attached hydrogens (tertiary/aromatic N) is 2. The fourth-order valence-electron chi connectivity index (χ4n) is 3.60. The van der Waals surface area contributed by atoms with E-state index in [0.29, 0.717) is 23.0 Å². The van der Waals surface area contributed by atoms with E-state index in [1.54, 1.807) is 29.2 Å². The largest absolute Gasteiger partial charge is 0.353 e. The molecule has 1 aromatic carbocycles. The maximum absolute atomic E-state index is 12.7. The van der Waals surface area contributed by atoms with Crippen molar-refractivity contribution in [1.82, 2.24) is 10.2 Å². The Morgan fingerprint density at radius 2 is 1.86 bits per heavy atom. The lowest BCUT2D eigenvalue weighted by atomic mass is 9.95. The zero-order valence-electron chi connectivity index (χ0n) is 16.4. The molecule has 1 aliphatic heterocycles. The Morgan fingerprint density at radius 3 is 2.46 bits per heavy atom. The predicted octanol–water partition coefficient (Wildman–Crippen LogP) is 3.68. The summed E-state index contributed by atoms with van der Waals surface area (Å²) in [6.07, 6.45) is 5.79. The first-order valence-electron chi connectivity index (χ1n) is 9.95. The smallest absolute Gasteiger partial charge is 0.242 e. The summed E-state index contributed by atoms with van der Waals surface area (Å²) in [6, 6.07) is 7.25. The van der Waals surface area contributed by atoms with Crippen molar-refractivity contribution < 1.29 is 14.4 Å². The molecule has 1 saturated heterocycles. The summed E-state index contributed by atoms with van der Waals surface area (Å²) >= 11 is 1.35. The number of Topliss-reactive ketones (excluding diaryl/α,β-unsaturated/α-hetero) is 1. The number of amidine groups is 1. The van der Waals surface area contributed by atoms with Gasteiger partial charge in [0.2, 0.25) is 11.8 Å². The molecule has 6 nitrogen and oxygen atoms in total. The molecular formula is C21H27N3O3S. The molecule has 1 heterocycles. The van der Waals surface area contributed by atoms with E-state index >= 15 is 0 Å². The number of benzene rings is 1. The molecule has 7 heteroatoms. The van der Waals surface area contributed by atoms with E-state index in [1.165, 1.54) is 25.1 Å². The molecule has 1 aliphatic carbocycles. The van der Waals surface area contributed by atoms with Crippen LogP contribution < -0.4 is 5.32 Å². The molecule has 0 bridgehead atoms. The third kappa shape index (κ3) is 5.01. The second-order valence-electron chi connectivity index (χ2n) is 7.29. The van der Waals surface area contributed by atoms with Crippen molar-refractivity contribution in [2.75, 3.05) is 6.54 Å². The number of hydrogen-bond donors (Lipinski definition) is 1. The van der Waals surface area contributed by atoms with Crippen LogP contribution in [-0.2, 0) is 9.59 Å². The first-order chi connectivity index (χ1) is 13.5. The van der Waals surface area contributed by atoms with Gasteiger partial charge in [-0.25, -0.2) is 4.99 Å². The van der Waals surface area contributed by atoms with Gasteiger partial charge in [-0.2, -0.15) is 0 Å². The molecule has 2 aliphatic rings. The van der Waals surface area contributed by atoms with Crippen LogP contribution >= 0.6 is 11.8 Å². The van der Waals surface area contributed by atoms with Crippen molar-refractivity contribution in [2.24, 2.45) is 4.99 Å². The van der Waals surface area contributed by atoms with E-state index in [0.717, 1.165) is 25.7 Å². The van der Waals surface area contributed by atoms with Crippen LogP contribution in [0.15, 0.2) is 29.3 Å². The average Bonchev–Trinajstić information content (AvgIpc) is 2.97. The van der Waals surface area contributed by atoms with Crippen LogP contribution in [0.4, 0.5) is 5.69 Å². The summed E-state index contributed by atoms with van der Waals surface area (Å²) < 4.78 is 0. The van der Waals surface area contributed by atoms with Gasteiger partial charge >= 0.3 is 0 Å². The van der Waals surface area contributed by atoms with Crippen molar-refractivity contribution in [3.8, 4) is 0 Å². The molecule has 2 fully saturated rings. The minimum atomic E-state index is -0.432. The molecule has 0 radical (unpaired) electrons. The zero-order chi connectivity index (χ0) is 20.1. The first-order valence-corrected chi connectivity index (χ1v) is 10.8. The number of thioether (sulfide) groups is 1. The van der Waals surface area contributed by atoms with E-state index in [9.17, 15) is 14.4 Å². The molecule has 28 heavy (non-hydrogen) atoms. The number of carbonyl (C=O) groups excluding carboxylic acids is 3. The number of hydrogen-bond acceptors (Lipinski definition) is 5. The lowest BCUT2D eigenvalue weighted by Gasteiger charge is -2.23. The van der Waals surface area contributed by atoms with E-state index in [1.807, 2.05) is 6.92 Å². The van der Waals surface area contributed by atoms with Crippen LogP contribution in [0.5, 0.6) is 0 Å². The second kappa shape index (κ2) is 9.37. The van der Waals surface area contributed by atoms with Crippen molar-refractivity contribution in [1.29, 1.82) is 0 Å². The van der Waals surface area contributed by atoms with Crippen molar-refractivity contribution in [3.63, 3.8) is 0 Å². The Hall–Kier alpha value is -2.15. The maximum atomic E-state index is 12.7. The van der Waals surface area contributed by atoms with Gasteiger partial charge in [-0.05, 0) is 51.0 Å². The van der Waals surface area contributed by atoms with Gasteiger partial charge in [0.25, 0.3) is 0 Å². The van der Waals surface area contributed by atoms with E-state index in [4.69, 9.17) is 0 Å². The summed E-state index contributed by atoms with van der Waals surface area (Å²) in [5.41, 5.74) is 1.31. The van der Waals surface area contributed by atoms with Gasteiger partial charge < -0.3 is 5.32 Å². The molecule has 1 atom stereocenters. The van der Waals surface area contributed by atoms with Gasteiger partial charge in [-0.3, -0.25) is 19.3 Å². The van der Waals surface area contributed by atoms with Crippen LogP contribution in [0, 0.1) is 0 Å². The highest BCUT2D eigenvalue weighted by molar-refractivity contribution is 8.15. The highest BCUT2D eigenvalue weighted by atomic mass is 32.2. The topological polar surface area (TPSA) is 78.8 Å². The van der Waals surface area contributed by atoms with Crippen LogP contribution in [0.2, 0.25) is 0 Å². The third-order valence-corrected chi connectivity index (χ3v) is 6.35.